The van der Waals surface area contributed by atoms with Crippen LogP contribution in [0.15, 0.2) is 41.1 Å². The van der Waals surface area contributed by atoms with E-state index in [0.717, 1.165) is 11.3 Å². The molecule has 1 heterocycles. The van der Waals surface area contributed by atoms with Gasteiger partial charge in [0.15, 0.2) is 0 Å². The number of allylic oxidation sites excluding steroid dienone is 1. The molecule has 6 heteroatoms. The van der Waals surface area contributed by atoms with E-state index in [2.05, 4.69) is 0 Å². The fourth-order valence-electron chi connectivity index (χ4n) is 2.90. The summed E-state index contributed by atoms with van der Waals surface area (Å²) in [4.78, 5) is 28.8. The summed E-state index contributed by atoms with van der Waals surface area (Å²) in [7, 11) is 6.88. The van der Waals surface area contributed by atoms with E-state index >= 15 is 0 Å². The lowest BCUT2D eigenvalue weighted by Gasteiger charge is -2.17. The lowest BCUT2D eigenvalue weighted by molar-refractivity contribution is -0.136. The van der Waals surface area contributed by atoms with Gasteiger partial charge in [-0.15, -0.1) is 0 Å². The highest BCUT2D eigenvalue weighted by Crippen LogP contribution is 2.31. The zero-order valence-electron chi connectivity index (χ0n) is 16.0. The topological polar surface area (TPSA) is 59.1 Å². The number of hydrogen-bond donors (Lipinski definition) is 0. The van der Waals surface area contributed by atoms with Gasteiger partial charge in [-0.25, -0.2) is 4.79 Å². The molecule has 0 N–H and O–H groups in total. The average Bonchev–Trinajstić information content (AvgIpc) is 2.86. The quantitative estimate of drug-likeness (QED) is 0.426. The molecule has 0 radical (unpaired) electrons. The Morgan fingerprint density at radius 2 is 1.85 bits per heavy atom. The van der Waals surface area contributed by atoms with Crippen molar-refractivity contribution in [2.45, 2.75) is 13.3 Å². The second kappa shape index (κ2) is 8.67. The molecule has 26 heavy (non-hydrogen) atoms. The minimum atomic E-state index is -0.499. The van der Waals surface area contributed by atoms with Gasteiger partial charge in [-0.05, 0) is 37.1 Å². The van der Waals surface area contributed by atoms with Crippen LogP contribution in [-0.4, -0.2) is 58.2 Å². The Morgan fingerprint density at radius 3 is 2.38 bits per heavy atom. The minimum absolute atomic E-state index is 0.185. The van der Waals surface area contributed by atoms with Crippen LogP contribution in [-0.2, 0) is 19.1 Å². The first-order chi connectivity index (χ1) is 12.4. The third-order valence-electron chi connectivity index (χ3n) is 4.35. The first-order valence-corrected chi connectivity index (χ1v) is 8.50. The molecule has 0 aliphatic carbocycles. The predicted octanol–water partition coefficient (Wildman–Crippen LogP) is 2.46. The van der Waals surface area contributed by atoms with E-state index in [9.17, 15) is 9.59 Å². The van der Waals surface area contributed by atoms with Gasteiger partial charge < -0.3 is 19.3 Å². The Labute approximate surface area is 154 Å². The molecule has 1 amide bonds. The van der Waals surface area contributed by atoms with Crippen LogP contribution in [0.2, 0.25) is 0 Å². The maximum absolute atomic E-state index is 12.9. The van der Waals surface area contributed by atoms with Crippen LogP contribution >= 0.6 is 0 Å². The number of hydrogen-bond acceptors (Lipinski definition) is 5. The van der Waals surface area contributed by atoms with Crippen molar-refractivity contribution in [3.8, 4) is 0 Å². The van der Waals surface area contributed by atoms with Crippen molar-refractivity contribution in [2.75, 3.05) is 46.4 Å². The van der Waals surface area contributed by atoms with Gasteiger partial charge in [-0.3, -0.25) is 4.79 Å². The molecule has 1 aromatic rings. The minimum Gasteiger partial charge on any atom is -0.465 e. The van der Waals surface area contributed by atoms with Gasteiger partial charge in [-0.1, -0.05) is 12.1 Å². The molecule has 140 valence electrons. The number of nitrogens with zero attached hydrogens (tertiary/aromatic N) is 2. The van der Waals surface area contributed by atoms with Crippen molar-refractivity contribution in [1.29, 1.82) is 0 Å². The summed E-state index contributed by atoms with van der Waals surface area (Å²) in [6.07, 6.45) is 2.44. The normalized spacial score (nSPS) is 15.8. The number of amides is 1. The van der Waals surface area contributed by atoms with Crippen molar-refractivity contribution in [3.63, 3.8) is 0 Å². The van der Waals surface area contributed by atoms with Crippen LogP contribution in [0.3, 0.4) is 0 Å². The SMILES string of the molecule is COCCCN1C(=O)C(=Cc2ccc(N(C)C)cc2)C(C(=O)OC)=C1C. The summed E-state index contributed by atoms with van der Waals surface area (Å²) in [6, 6.07) is 7.79. The third kappa shape index (κ3) is 4.14. The largest absolute Gasteiger partial charge is 0.465 e. The van der Waals surface area contributed by atoms with Gasteiger partial charge in [0, 0.05) is 45.7 Å². The monoisotopic (exact) mass is 358 g/mol. The Kier molecular flexibility index (Phi) is 6.58. The van der Waals surface area contributed by atoms with Gasteiger partial charge in [0.2, 0.25) is 0 Å². The molecule has 1 aliphatic heterocycles. The number of carbonyl (C=O) groups is 2. The van der Waals surface area contributed by atoms with E-state index in [1.54, 1.807) is 25.0 Å². The molecule has 0 saturated heterocycles. The lowest BCUT2D eigenvalue weighted by Crippen LogP contribution is -2.26. The van der Waals surface area contributed by atoms with Gasteiger partial charge in [0.1, 0.15) is 0 Å². The number of ether oxygens (including phenoxy) is 2. The molecular weight excluding hydrogens is 332 g/mol. The highest BCUT2D eigenvalue weighted by Gasteiger charge is 2.36. The third-order valence-corrected chi connectivity index (χ3v) is 4.35. The molecule has 2 rings (SSSR count). The van der Waals surface area contributed by atoms with E-state index < -0.39 is 5.97 Å². The Balaban J connectivity index is 2.37. The molecule has 1 aliphatic rings. The standard InChI is InChI=1S/C20H26N2O4/c1-14-18(20(24)26-5)17(19(23)22(14)11-6-12-25-4)13-15-7-9-16(10-8-15)21(2)3/h7-10,13H,6,11-12H2,1-5H3. The first-order valence-electron chi connectivity index (χ1n) is 8.50. The van der Waals surface area contributed by atoms with Crippen molar-refractivity contribution in [2.24, 2.45) is 0 Å². The Morgan fingerprint density at radius 1 is 1.19 bits per heavy atom. The molecule has 6 nitrogen and oxygen atoms in total. The Bertz CT molecular complexity index is 733. The molecule has 0 unspecified atom stereocenters. The van der Waals surface area contributed by atoms with E-state index in [-0.39, 0.29) is 5.91 Å². The molecular formula is C20H26N2O4. The second-order valence-corrected chi connectivity index (χ2v) is 6.30. The average molecular weight is 358 g/mol. The van der Waals surface area contributed by atoms with Gasteiger partial charge in [0.05, 0.1) is 18.3 Å². The summed E-state index contributed by atoms with van der Waals surface area (Å²) in [5, 5.41) is 0. The summed E-state index contributed by atoms with van der Waals surface area (Å²) in [6.45, 7) is 2.82. The number of esters is 1. The Hall–Kier alpha value is -2.60. The lowest BCUT2D eigenvalue weighted by atomic mass is 10.0. The van der Waals surface area contributed by atoms with Crippen molar-refractivity contribution >= 4 is 23.6 Å². The van der Waals surface area contributed by atoms with Crippen LogP contribution in [0, 0.1) is 0 Å². The molecule has 0 spiro atoms. The summed E-state index contributed by atoms with van der Waals surface area (Å²) < 4.78 is 9.95. The maximum atomic E-state index is 12.9. The van der Waals surface area contributed by atoms with Crippen molar-refractivity contribution in [1.82, 2.24) is 4.90 Å². The van der Waals surface area contributed by atoms with Crippen LogP contribution in [0.4, 0.5) is 5.69 Å². The summed E-state index contributed by atoms with van der Waals surface area (Å²) in [5.41, 5.74) is 3.22. The zero-order chi connectivity index (χ0) is 19.3. The number of anilines is 1. The zero-order valence-corrected chi connectivity index (χ0v) is 16.0. The number of methoxy groups -OCH3 is 2. The van der Waals surface area contributed by atoms with Gasteiger partial charge in [-0.2, -0.15) is 0 Å². The van der Waals surface area contributed by atoms with Crippen LogP contribution in [0.1, 0.15) is 18.9 Å². The number of rotatable bonds is 7. The van der Waals surface area contributed by atoms with E-state index in [1.165, 1.54) is 7.11 Å². The molecule has 0 saturated carbocycles. The van der Waals surface area contributed by atoms with Gasteiger partial charge >= 0.3 is 5.97 Å². The summed E-state index contributed by atoms with van der Waals surface area (Å²) >= 11 is 0. The molecule has 1 aromatic carbocycles. The molecule has 0 fully saturated rings. The predicted molar refractivity (Wildman–Crippen MR) is 102 cm³/mol. The fraction of sp³-hybridized carbons (Fsp3) is 0.400. The second-order valence-electron chi connectivity index (χ2n) is 6.30. The van der Waals surface area contributed by atoms with Crippen LogP contribution < -0.4 is 4.90 Å². The highest BCUT2D eigenvalue weighted by atomic mass is 16.5. The van der Waals surface area contributed by atoms with E-state index in [4.69, 9.17) is 9.47 Å². The smallest absolute Gasteiger partial charge is 0.340 e. The van der Waals surface area contributed by atoms with E-state index in [1.807, 2.05) is 43.3 Å². The van der Waals surface area contributed by atoms with Gasteiger partial charge in [0.25, 0.3) is 5.91 Å². The van der Waals surface area contributed by atoms with Crippen LogP contribution in [0.5, 0.6) is 0 Å². The van der Waals surface area contributed by atoms with Crippen LogP contribution in [0.25, 0.3) is 6.08 Å². The summed E-state index contributed by atoms with van der Waals surface area (Å²) in [5.74, 6) is -0.683. The molecule has 0 atom stereocenters. The van der Waals surface area contributed by atoms with Crippen molar-refractivity contribution in [3.05, 3.63) is 46.7 Å². The first kappa shape index (κ1) is 19.7. The highest BCUT2D eigenvalue weighted by molar-refractivity contribution is 6.16. The van der Waals surface area contributed by atoms with Crippen molar-refractivity contribution < 1.29 is 19.1 Å². The number of carbonyl (C=O) groups excluding carboxylic acids is 2. The number of benzene rings is 1. The molecule has 0 bridgehead atoms. The maximum Gasteiger partial charge on any atom is 0.340 e. The van der Waals surface area contributed by atoms with E-state index in [0.29, 0.717) is 36.4 Å². The molecule has 0 aromatic heterocycles. The fourth-order valence-corrected chi connectivity index (χ4v) is 2.90.